The van der Waals surface area contributed by atoms with Crippen LogP contribution < -0.4 is 4.74 Å². The third-order valence-electron chi connectivity index (χ3n) is 2.44. The molecule has 0 spiro atoms. The van der Waals surface area contributed by atoms with Gasteiger partial charge in [0.05, 0.1) is 0 Å². The van der Waals surface area contributed by atoms with Gasteiger partial charge in [-0.15, -0.1) is 0 Å². The molecular weight excluding hydrogens is 252 g/mol. The number of aryl methyl sites for hydroxylation is 1. The van der Waals surface area contributed by atoms with E-state index in [-0.39, 0.29) is 11.3 Å². The van der Waals surface area contributed by atoms with Gasteiger partial charge in [-0.1, -0.05) is 6.92 Å². The number of halogens is 4. The van der Waals surface area contributed by atoms with Crippen LogP contribution in [0.1, 0.15) is 41.8 Å². The second kappa shape index (κ2) is 5.84. The van der Waals surface area contributed by atoms with Crippen molar-refractivity contribution in [2.75, 3.05) is 0 Å². The van der Waals surface area contributed by atoms with Gasteiger partial charge in [0.15, 0.2) is 5.78 Å². The summed E-state index contributed by atoms with van der Waals surface area (Å²) in [5, 5.41) is 0. The Hall–Kier alpha value is -1.59. The van der Waals surface area contributed by atoms with E-state index in [0.29, 0.717) is 12.0 Å². The minimum absolute atomic E-state index is 0.163. The molecule has 1 aromatic carbocycles. The topological polar surface area (TPSA) is 26.3 Å². The monoisotopic (exact) mass is 264 g/mol. The Kier molecular flexibility index (Phi) is 4.69. The molecule has 1 rings (SSSR count). The maximum Gasteiger partial charge on any atom is 0.387 e. The number of carbonyl (C=O) groups excluding carboxylic acids is 1. The number of Topliss-reactive ketones (excluding diaryl/α,β-unsaturated/α-hetero) is 1. The highest BCUT2D eigenvalue weighted by Crippen LogP contribution is 2.32. The van der Waals surface area contributed by atoms with Gasteiger partial charge in [0.1, 0.15) is 5.75 Å². The molecule has 0 heterocycles. The summed E-state index contributed by atoms with van der Waals surface area (Å²) in [6.07, 6.45) is -2.62. The standard InChI is InChI=1S/C12H12F4O2/c1-3-7-4-8(6(2)17)9(11(13)14)5-10(7)18-12(15)16/h4-5,11-12H,3H2,1-2H3. The van der Waals surface area contributed by atoms with Crippen LogP contribution in [-0.4, -0.2) is 12.4 Å². The predicted octanol–water partition coefficient (Wildman–Crippen LogP) is 3.99. The Morgan fingerprint density at radius 3 is 2.28 bits per heavy atom. The Morgan fingerprint density at radius 2 is 1.89 bits per heavy atom. The molecule has 2 nitrogen and oxygen atoms in total. The van der Waals surface area contributed by atoms with E-state index < -0.39 is 24.4 Å². The summed E-state index contributed by atoms with van der Waals surface area (Å²) in [7, 11) is 0. The summed E-state index contributed by atoms with van der Waals surface area (Å²) >= 11 is 0. The quantitative estimate of drug-likeness (QED) is 0.593. The third-order valence-corrected chi connectivity index (χ3v) is 2.44. The van der Waals surface area contributed by atoms with Crippen LogP contribution in [0.4, 0.5) is 17.6 Å². The molecule has 6 heteroatoms. The summed E-state index contributed by atoms with van der Waals surface area (Å²) in [5.41, 5.74) is -0.455. The largest absolute Gasteiger partial charge is 0.435 e. The van der Waals surface area contributed by atoms with Crippen LogP contribution in [0.25, 0.3) is 0 Å². The Bertz CT molecular complexity index is 444. The molecule has 0 amide bonds. The first kappa shape index (κ1) is 14.5. The second-order valence-corrected chi connectivity index (χ2v) is 3.64. The molecule has 0 aromatic heterocycles. The molecule has 18 heavy (non-hydrogen) atoms. The van der Waals surface area contributed by atoms with Crippen molar-refractivity contribution in [3.63, 3.8) is 0 Å². The zero-order chi connectivity index (χ0) is 13.9. The zero-order valence-electron chi connectivity index (χ0n) is 9.84. The van der Waals surface area contributed by atoms with Gasteiger partial charge in [-0.25, -0.2) is 8.78 Å². The number of hydrogen-bond acceptors (Lipinski definition) is 2. The molecule has 0 bridgehead atoms. The summed E-state index contributed by atoms with van der Waals surface area (Å²) < 4.78 is 54.0. The van der Waals surface area contributed by atoms with E-state index >= 15 is 0 Å². The van der Waals surface area contributed by atoms with Gasteiger partial charge in [0, 0.05) is 11.1 Å². The third kappa shape index (κ3) is 3.21. The van der Waals surface area contributed by atoms with E-state index in [0.717, 1.165) is 13.0 Å². The smallest absolute Gasteiger partial charge is 0.387 e. The van der Waals surface area contributed by atoms with E-state index in [2.05, 4.69) is 4.74 Å². The van der Waals surface area contributed by atoms with Crippen LogP contribution in [0.2, 0.25) is 0 Å². The number of rotatable bonds is 5. The first-order chi connectivity index (χ1) is 8.36. The lowest BCUT2D eigenvalue weighted by Crippen LogP contribution is -2.08. The fourth-order valence-corrected chi connectivity index (χ4v) is 1.61. The first-order valence-electron chi connectivity index (χ1n) is 5.27. The van der Waals surface area contributed by atoms with Gasteiger partial charge in [-0.05, 0) is 31.0 Å². The van der Waals surface area contributed by atoms with Crippen molar-refractivity contribution >= 4 is 5.78 Å². The highest BCUT2D eigenvalue weighted by atomic mass is 19.3. The van der Waals surface area contributed by atoms with Crippen molar-refractivity contribution in [3.05, 3.63) is 28.8 Å². The van der Waals surface area contributed by atoms with Gasteiger partial charge in [0.2, 0.25) is 0 Å². The Labute approximate surface area is 102 Å². The Morgan fingerprint density at radius 1 is 1.28 bits per heavy atom. The molecule has 0 N–H and O–H groups in total. The summed E-state index contributed by atoms with van der Waals surface area (Å²) in [6, 6.07) is 1.99. The van der Waals surface area contributed by atoms with E-state index in [1.54, 1.807) is 6.92 Å². The molecular formula is C12H12F4O2. The lowest BCUT2D eigenvalue weighted by molar-refractivity contribution is -0.0506. The SMILES string of the molecule is CCc1cc(C(C)=O)c(C(F)F)cc1OC(F)F. The molecule has 0 aliphatic carbocycles. The van der Waals surface area contributed by atoms with Crippen LogP contribution >= 0.6 is 0 Å². The maximum absolute atomic E-state index is 12.7. The minimum Gasteiger partial charge on any atom is -0.435 e. The molecule has 0 atom stereocenters. The fraction of sp³-hybridized carbons (Fsp3) is 0.417. The van der Waals surface area contributed by atoms with E-state index in [9.17, 15) is 22.4 Å². The molecule has 0 radical (unpaired) electrons. The fourth-order valence-electron chi connectivity index (χ4n) is 1.61. The van der Waals surface area contributed by atoms with Gasteiger partial charge >= 0.3 is 6.61 Å². The van der Waals surface area contributed by atoms with Crippen molar-refractivity contribution in [1.82, 2.24) is 0 Å². The summed E-state index contributed by atoms with van der Waals surface area (Å²) in [5.74, 6) is -0.851. The van der Waals surface area contributed by atoms with Crippen molar-refractivity contribution in [2.45, 2.75) is 33.3 Å². The molecule has 0 aliphatic rings. The van der Waals surface area contributed by atoms with Crippen molar-refractivity contribution < 1.29 is 27.1 Å². The second-order valence-electron chi connectivity index (χ2n) is 3.64. The highest BCUT2D eigenvalue weighted by molar-refractivity contribution is 5.96. The van der Waals surface area contributed by atoms with Crippen LogP contribution in [0, 0.1) is 0 Å². The summed E-state index contributed by atoms with van der Waals surface area (Å²) in [4.78, 5) is 11.3. The summed E-state index contributed by atoms with van der Waals surface area (Å²) in [6.45, 7) is -0.294. The highest BCUT2D eigenvalue weighted by Gasteiger charge is 2.20. The minimum atomic E-state index is -3.09. The van der Waals surface area contributed by atoms with Crippen LogP contribution in [-0.2, 0) is 6.42 Å². The molecule has 100 valence electrons. The molecule has 0 fully saturated rings. The molecule has 0 saturated heterocycles. The van der Waals surface area contributed by atoms with Gasteiger partial charge in [-0.2, -0.15) is 8.78 Å². The van der Waals surface area contributed by atoms with E-state index in [4.69, 9.17) is 0 Å². The molecule has 0 unspecified atom stereocenters. The predicted molar refractivity (Wildman–Crippen MR) is 57.4 cm³/mol. The van der Waals surface area contributed by atoms with Gasteiger partial charge in [0.25, 0.3) is 6.43 Å². The Balaban J connectivity index is 3.36. The van der Waals surface area contributed by atoms with Crippen molar-refractivity contribution in [2.24, 2.45) is 0 Å². The van der Waals surface area contributed by atoms with Crippen molar-refractivity contribution in [3.8, 4) is 5.75 Å². The van der Waals surface area contributed by atoms with Crippen LogP contribution in [0.15, 0.2) is 12.1 Å². The number of ether oxygens (including phenoxy) is 1. The average Bonchev–Trinajstić information content (AvgIpc) is 2.27. The van der Waals surface area contributed by atoms with Crippen molar-refractivity contribution in [1.29, 1.82) is 0 Å². The van der Waals surface area contributed by atoms with Crippen LogP contribution in [0.5, 0.6) is 5.75 Å². The van der Waals surface area contributed by atoms with Gasteiger partial charge < -0.3 is 4.74 Å². The number of carbonyl (C=O) groups is 1. The molecule has 1 aromatic rings. The number of benzene rings is 1. The normalized spacial score (nSPS) is 11.1. The first-order valence-corrected chi connectivity index (χ1v) is 5.27. The number of alkyl halides is 4. The van der Waals surface area contributed by atoms with Gasteiger partial charge in [-0.3, -0.25) is 4.79 Å². The average molecular weight is 264 g/mol. The zero-order valence-corrected chi connectivity index (χ0v) is 9.84. The molecule has 0 saturated carbocycles. The molecule has 0 aliphatic heterocycles. The number of ketones is 1. The lowest BCUT2D eigenvalue weighted by Gasteiger charge is -2.14. The maximum atomic E-state index is 12.7. The number of hydrogen-bond donors (Lipinski definition) is 0. The van der Waals surface area contributed by atoms with Crippen LogP contribution in [0.3, 0.4) is 0 Å². The van der Waals surface area contributed by atoms with E-state index in [1.807, 2.05) is 0 Å². The lowest BCUT2D eigenvalue weighted by atomic mass is 9.99. The van der Waals surface area contributed by atoms with E-state index in [1.165, 1.54) is 6.07 Å².